The van der Waals surface area contributed by atoms with Gasteiger partial charge >= 0.3 is 5.97 Å². The van der Waals surface area contributed by atoms with Crippen molar-refractivity contribution in [2.45, 2.75) is 31.8 Å². The van der Waals surface area contributed by atoms with Gasteiger partial charge in [-0.1, -0.05) is 12.1 Å². The SMILES string of the molecule is CC1(C)Cc2cc(C(CN)C(=O)O)ccc2O1. The van der Waals surface area contributed by atoms with Crippen molar-refractivity contribution in [3.05, 3.63) is 29.3 Å². The molecule has 0 aromatic heterocycles. The first-order valence-corrected chi connectivity index (χ1v) is 5.67. The highest BCUT2D eigenvalue weighted by atomic mass is 16.5. The Balaban J connectivity index is 2.33. The van der Waals surface area contributed by atoms with Gasteiger partial charge in [0.2, 0.25) is 0 Å². The normalized spacial score (nSPS) is 18.3. The Labute approximate surface area is 100 Å². The van der Waals surface area contributed by atoms with Crippen LogP contribution >= 0.6 is 0 Å². The van der Waals surface area contributed by atoms with Crippen molar-refractivity contribution in [3.63, 3.8) is 0 Å². The van der Waals surface area contributed by atoms with E-state index in [0.717, 1.165) is 23.3 Å². The van der Waals surface area contributed by atoms with Gasteiger partial charge in [-0.15, -0.1) is 0 Å². The van der Waals surface area contributed by atoms with Crippen LogP contribution in [0, 0.1) is 0 Å². The fourth-order valence-electron chi connectivity index (χ4n) is 2.23. The molecule has 0 bridgehead atoms. The van der Waals surface area contributed by atoms with E-state index in [4.69, 9.17) is 15.6 Å². The third-order valence-electron chi connectivity index (χ3n) is 3.02. The average Bonchev–Trinajstić information content (AvgIpc) is 2.51. The molecule has 0 saturated carbocycles. The second kappa shape index (κ2) is 4.04. The number of carboxylic acids is 1. The number of fused-ring (bicyclic) bond motifs is 1. The van der Waals surface area contributed by atoms with Crippen LogP contribution in [0.5, 0.6) is 5.75 Å². The van der Waals surface area contributed by atoms with E-state index in [-0.39, 0.29) is 12.1 Å². The number of carboxylic acid groups (broad SMARTS) is 1. The lowest BCUT2D eigenvalue weighted by atomic mass is 9.94. The van der Waals surface area contributed by atoms with Crippen LogP contribution in [0.1, 0.15) is 30.9 Å². The first kappa shape index (κ1) is 11.9. The van der Waals surface area contributed by atoms with Crippen molar-refractivity contribution in [2.75, 3.05) is 6.54 Å². The van der Waals surface area contributed by atoms with Gasteiger partial charge in [-0.3, -0.25) is 4.79 Å². The Bertz CT molecular complexity index is 454. The van der Waals surface area contributed by atoms with Crippen molar-refractivity contribution in [1.29, 1.82) is 0 Å². The molecule has 0 saturated heterocycles. The molecular formula is C13H17NO3. The number of carbonyl (C=O) groups is 1. The fraction of sp³-hybridized carbons (Fsp3) is 0.462. The lowest BCUT2D eigenvalue weighted by Crippen LogP contribution is -2.24. The molecule has 0 aliphatic carbocycles. The van der Waals surface area contributed by atoms with Gasteiger partial charge in [0, 0.05) is 13.0 Å². The molecule has 0 fully saturated rings. The van der Waals surface area contributed by atoms with Gasteiger partial charge in [0.05, 0.1) is 5.92 Å². The van der Waals surface area contributed by atoms with E-state index in [1.54, 1.807) is 6.07 Å². The highest BCUT2D eigenvalue weighted by Gasteiger charge is 2.31. The van der Waals surface area contributed by atoms with Gasteiger partial charge in [-0.2, -0.15) is 0 Å². The summed E-state index contributed by atoms with van der Waals surface area (Å²) in [5, 5.41) is 9.07. The van der Waals surface area contributed by atoms with E-state index in [9.17, 15) is 4.79 Å². The summed E-state index contributed by atoms with van der Waals surface area (Å²) < 4.78 is 5.74. The number of rotatable bonds is 3. The number of hydrogen-bond acceptors (Lipinski definition) is 3. The zero-order chi connectivity index (χ0) is 12.6. The summed E-state index contributed by atoms with van der Waals surface area (Å²) in [6.07, 6.45) is 0.799. The van der Waals surface area contributed by atoms with Gasteiger partial charge in [0.25, 0.3) is 0 Å². The Morgan fingerprint density at radius 1 is 1.59 bits per heavy atom. The van der Waals surface area contributed by atoms with Crippen molar-refractivity contribution in [2.24, 2.45) is 5.73 Å². The molecule has 0 radical (unpaired) electrons. The molecule has 17 heavy (non-hydrogen) atoms. The molecule has 4 nitrogen and oxygen atoms in total. The topological polar surface area (TPSA) is 72.6 Å². The highest BCUT2D eigenvalue weighted by molar-refractivity contribution is 5.76. The maximum Gasteiger partial charge on any atom is 0.312 e. The Morgan fingerprint density at radius 2 is 2.29 bits per heavy atom. The van der Waals surface area contributed by atoms with Crippen LogP contribution in [-0.4, -0.2) is 23.2 Å². The van der Waals surface area contributed by atoms with Crippen molar-refractivity contribution >= 4 is 5.97 Å². The molecule has 1 aromatic carbocycles. The Kier molecular flexibility index (Phi) is 2.83. The summed E-state index contributed by atoms with van der Waals surface area (Å²) >= 11 is 0. The molecule has 0 amide bonds. The number of aliphatic carboxylic acids is 1. The number of benzene rings is 1. The highest BCUT2D eigenvalue weighted by Crippen LogP contribution is 2.36. The van der Waals surface area contributed by atoms with Crippen LogP contribution in [0.15, 0.2) is 18.2 Å². The standard InChI is InChI=1S/C13H17NO3/c1-13(2)6-9-5-8(3-4-11(9)17-13)10(7-14)12(15)16/h3-5,10H,6-7,14H2,1-2H3,(H,15,16). The van der Waals surface area contributed by atoms with Crippen molar-refractivity contribution in [3.8, 4) is 5.75 Å². The monoisotopic (exact) mass is 235 g/mol. The molecule has 3 N–H and O–H groups in total. The second-order valence-corrected chi connectivity index (χ2v) is 5.03. The minimum atomic E-state index is -0.884. The van der Waals surface area contributed by atoms with Crippen LogP contribution in [0.25, 0.3) is 0 Å². The summed E-state index contributed by atoms with van der Waals surface area (Å²) in [4.78, 5) is 11.0. The van der Waals surface area contributed by atoms with Crippen molar-refractivity contribution < 1.29 is 14.6 Å². The lowest BCUT2D eigenvalue weighted by Gasteiger charge is -2.16. The Morgan fingerprint density at radius 3 is 2.88 bits per heavy atom. The number of nitrogens with two attached hydrogens (primary N) is 1. The molecule has 92 valence electrons. The zero-order valence-electron chi connectivity index (χ0n) is 10.1. The third-order valence-corrected chi connectivity index (χ3v) is 3.02. The molecule has 1 aliphatic rings. The zero-order valence-corrected chi connectivity index (χ0v) is 10.1. The first-order valence-electron chi connectivity index (χ1n) is 5.67. The van der Waals surface area contributed by atoms with Crippen LogP contribution < -0.4 is 10.5 Å². The van der Waals surface area contributed by atoms with E-state index in [2.05, 4.69) is 0 Å². The molecule has 1 unspecified atom stereocenters. The molecule has 0 spiro atoms. The Hall–Kier alpha value is -1.55. The summed E-state index contributed by atoms with van der Waals surface area (Å²) in [7, 11) is 0. The molecule has 1 atom stereocenters. The third kappa shape index (κ3) is 2.26. The van der Waals surface area contributed by atoms with Crippen LogP contribution in [0.4, 0.5) is 0 Å². The van der Waals surface area contributed by atoms with Gasteiger partial charge < -0.3 is 15.6 Å². The minimum Gasteiger partial charge on any atom is -0.487 e. The molecule has 1 aliphatic heterocycles. The van der Waals surface area contributed by atoms with Gasteiger partial charge in [0.15, 0.2) is 0 Å². The van der Waals surface area contributed by atoms with E-state index in [1.165, 1.54) is 0 Å². The lowest BCUT2D eigenvalue weighted by molar-refractivity contribution is -0.138. The average molecular weight is 235 g/mol. The predicted molar refractivity (Wildman–Crippen MR) is 64.3 cm³/mol. The summed E-state index contributed by atoms with van der Waals surface area (Å²) in [5.74, 6) is -0.672. The van der Waals surface area contributed by atoms with Gasteiger partial charge in [-0.05, 0) is 31.0 Å². The molecule has 4 heteroatoms. The molecule has 1 heterocycles. The minimum absolute atomic E-state index is 0.109. The quantitative estimate of drug-likeness (QED) is 0.833. The maximum absolute atomic E-state index is 11.0. The van der Waals surface area contributed by atoms with E-state index < -0.39 is 11.9 Å². The first-order chi connectivity index (χ1) is 7.93. The van der Waals surface area contributed by atoms with E-state index >= 15 is 0 Å². The number of hydrogen-bond donors (Lipinski definition) is 2. The number of ether oxygens (including phenoxy) is 1. The predicted octanol–water partition coefficient (Wildman–Crippen LogP) is 1.53. The van der Waals surface area contributed by atoms with Crippen molar-refractivity contribution in [1.82, 2.24) is 0 Å². The fourth-order valence-corrected chi connectivity index (χ4v) is 2.23. The van der Waals surface area contributed by atoms with Crippen LogP contribution in [0.3, 0.4) is 0 Å². The molecular weight excluding hydrogens is 218 g/mol. The molecule has 1 aromatic rings. The second-order valence-electron chi connectivity index (χ2n) is 5.03. The van der Waals surface area contributed by atoms with Gasteiger partial charge in [-0.25, -0.2) is 0 Å². The van der Waals surface area contributed by atoms with Crippen LogP contribution in [-0.2, 0) is 11.2 Å². The van der Waals surface area contributed by atoms with Crippen LogP contribution in [0.2, 0.25) is 0 Å². The summed E-state index contributed by atoms with van der Waals surface area (Å²) in [6, 6.07) is 5.52. The summed E-state index contributed by atoms with van der Waals surface area (Å²) in [6.45, 7) is 4.15. The van der Waals surface area contributed by atoms with Gasteiger partial charge in [0.1, 0.15) is 11.4 Å². The molecule has 2 rings (SSSR count). The summed E-state index contributed by atoms with van der Waals surface area (Å²) in [5.41, 5.74) is 7.10. The largest absolute Gasteiger partial charge is 0.487 e. The van der Waals surface area contributed by atoms with E-state index in [1.807, 2.05) is 26.0 Å². The van der Waals surface area contributed by atoms with E-state index in [0.29, 0.717) is 0 Å². The maximum atomic E-state index is 11.0. The smallest absolute Gasteiger partial charge is 0.312 e.